The molecule has 16 heavy (non-hydrogen) atoms. The average Bonchev–Trinajstić information content (AvgIpc) is 2.51. The van der Waals surface area contributed by atoms with Crippen LogP contribution in [0.5, 0.6) is 0 Å². The van der Waals surface area contributed by atoms with Gasteiger partial charge < -0.3 is 14.6 Å². The summed E-state index contributed by atoms with van der Waals surface area (Å²) in [5.74, 6) is -0.844. The van der Waals surface area contributed by atoms with Crippen LogP contribution in [0.2, 0.25) is 0 Å². The Kier molecular flexibility index (Phi) is 4.12. The number of aromatic carboxylic acids is 1. The fraction of sp³-hybridized carbons (Fsp3) is 0.583. The van der Waals surface area contributed by atoms with Crippen LogP contribution in [-0.2, 0) is 6.54 Å². The summed E-state index contributed by atoms with van der Waals surface area (Å²) in [4.78, 5) is 13.2. The maximum atomic E-state index is 11.0. The Bertz CT molecular complexity index is 383. The molecule has 0 aliphatic heterocycles. The number of aromatic nitrogens is 1. The first kappa shape index (κ1) is 12.8. The molecule has 0 unspecified atom stereocenters. The monoisotopic (exact) mass is 224 g/mol. The summed E-state index contributed by atoms with van der Waals surface area (Å²) < 4.78 is 2.07. The van der Waals surface area contributed by atoms with Gasteiger partial charge in [-0.05, 0) is 33.5 Å². The van der Waals surface area contributed by atoms with Crippen molar-refractivity contribution in [2.75, 3.05) is 20.1 Å². The Hall–Kier alpha value is -1.29. The molecule has 0 fully saturated rings. The maximum Gasteiger partial charge on any atom is 0.337 e. The maximum absolute atomic E-state index is 11.0. The lowest BCUT2D eigenvalue weighted by Gasteiger charge is -2.16. The Morgan fingerprint density at radius 1 is 1.50 bits per heavy atom. The molecule has 90 valence electrons. The zero-order valence-electron chi connectivity index (χ0n) is 10.4. The highest BCUT2D eigenvalue weighted by molar-refractivity contribution is 5.89. The van der Waals surface area contributed by atoms with Crippen LogP contribution in [0.3, 0.4) is 0 Å². The molecule has 0 aliphatic carbocycles. The molecular formula is C12H20N2O2. The van der Waals surface area contributed by atoms with E-state index >= 15 is 0 Å². The van der Waals surface area contributed by atoms with Gasteiger partial charge in [-0.15, -0.1) is 0 Å². The number of carboxylic acid groups (broad SMARTS) is 1. The molecule has 0 saturated carbocycles. The summed E-state index contributed by atoms with van der Waals surface area (Å²) in [5.41, 5.74) is 2.27. The Labute approximate surface area is 96.5 Å². The molecule has 1 rings (SSSR count). The van der Waals surface area contributed by atoms with Crippen LogP contribution in [0, 0.1) is 13.8 Å². The molecule has 1 aromatic heterocycles. The van der Waals surface area contributed by atoms with Crippen molar-refractivity contribution in [2.45, 2.75) is 27.3 Å². The number of likely N-dealkylation sites (N-methyl/N-ethyl adjacent to an activating group) is 1. The van der Waals surface area contributed by atoms with Crippen molar-refractivity contribution >= 4 is 5.97 Å². The molecule has 1 heterocycles. The van der Waals surface area contributed by atoms with E-state index in [1.54, 1.807) is 6.07 Å². The number of hydrogen-bond acceptors (Lipinski definition) is 2. The first-order valence-electron chi connectivity index (χ1n) is 5.56. The van der Waals surface area contributed by atoms with Crippen molar-refractivity contribution < 1.29 is 9.90 Å². The van der Waals surface area contributed by atoms with Gasteiger partial charge in [0.2, 0.25) is 0 Å². The molecule has 0 saturated heterocycles. The Balaban J connectivity index is 2.84. The van der Waals surface area contributed by atoms with E-state index in [0.29, 0.717) is 5.56 Å². The van der Waals surface area contributed by atoms with Crippen LogP contribution in [0.25, 0.3) is 0 Å². The average molecular weight is 224 g/mol. The fourth-order valence-corrected chi connectivity index (χ4v) is 1.79. The van der Waals surface area contributed by atoms with Crippen LogP contribution in [0.15, 0.2) is 6.07 Å². The van der Waals surface area contributed by atoms with Gasteiger partial charge >= 0.3 is 5.97 Å². The van der Waals surface area contributed by atoms with E-state index < -0.39 is 5.97 Å². The van der Waals surface area contributed by atoms with Gasteiger partial charge in [-0.25, -0.2) is 4.79 Å². The minimum atomic E-state index is -0.844. The topological polar surface area (TPSA) is 45.5 Å². The summed E-state index contributed by atoms with van der Waals surface area (Å²) >= 11 is 0. The summed E-state index contributed by atoms with van der Waals surface area (Å²) in [7, 11) is 2.06. The van der Waals surface area contributed by atoms with Gasteiger partial charge in [-0.2, -0.15) is 0 Å². The number of hydrogen-bond donors (Lipinski definition) is 1. The summed E-state index contributed by atoms with van der Waals surface area (Å²) in [6.07, 6.45) is 0. The second-order valence-corrected chi connectivity index (χ2v) is 4.14. The molecule has 0 radical (unpaired) electrons. The molecule has 0 amide bonds. The van der Waals surface area contributed by atoms with Gasteiger partial charge in [0.1, 0.15) is 0 Å². The normalized spacial score (nSPS) is 11.1. The van der Waals surface area contributed by atoms with Gasteiger partial charge in [-0.3, -0.25) is 0 Å². The van der Waals surface area contributed by atoms with Gasteiger partial charge in [0.05, 0.1) is 5.56 Å². The molecule has 0 aliphatic rings. The first-order chi connectivity index (χ1) is 7.47. The van der Waals surface area contributed by atoms with E-state index in [0.717, 1.165) is 31.0 Å². The van der Waals surface area contributed by atoms with Crippen molar-refractivity contribution in [1.82, 2.24) is 9.47 Å². The fourth-order valence-electron chi connectivity index (χ4n) is 1.79. The molecule has 0 bridgehead atoms. The van der Waals surface area contributed by atoms with Crippen LogP contribution in [0.1, 0.15) is 28.7 Å². The zero-order valence-corrected chi connectivity index (χ0v) is 10.4. The lowest BCUT2D eigenvalue weighted by Crippen LogP contribution is -2.23. The van der Waals surface area contributed by atoms with E-state index in [4.69, 9.17) is 5.11 Å². The van der Waals surface area contributed by atoms with Crippen LogP contribution < -0.4 is 0 Å². The van der Waals surface area contributed by atoms with Gasteiger partial charge in [0, 0.05) is 24.5 Å². The van der Waals surface area contributed by atoms with Crippen molar-refractivity contribution in [3.05, 3.63) is 23.0 Å². The van der Waals surface area contributed by atoms with Crippen molar-refractivity contribution in [1.29, 1.82) is 0 Å². The van der Waals surface area contributed by atoms with Crippen LogP contribution >= 0.6 is 0 Å². The lowest BCUT2D eigenvalue weighted by atomic mass is 10.2. The van der Waals surface area contributed by atoms with Crippen molar-refractivity contribution in [3.8, 4) is 0 Å². The molecule has 0 aromatic carbocycles. The van der Waals surface area contributed by atoms with E-state index in [1.807, 2.05) is 13.8 Å². The highest BCUT2D eigenvalue weighted by atomic mass is 16.4. The van der Waals surface area contributed by atoms with Crippen molar-refractivity contribution in [2.24, 2.45) is 0 Å². The third-order valence-electron chi connectivity index (χ3n) is 3.05. The third-order valence-corrected chi connectivity index (χ3v) is 3.05. The SMILES string of the molecule is CCN(C)CCn1c(C)cc(C(=O)O)c1C. The number of carboxylic acids is 1. The van der Waals surface area contributed by atoms with E-state index in [2.05, 4.69) is 23.4 Å². The van der Waals surface area contributed by atoms with Gasteiger partial charge in [-0.1, -0.05) is 6.92 Å². The van der Waals surface area contributed by atoms with Crippen molar-refractivity contribution in [3.63, 3.8) is 0 Å². The predicted octanol–water partition coefficient (Wildman–Crippen LogP) is 1.75. The minimum absolute atomic E-state index is 0.414. The van der Waals surface area contributed by atoms with E-state index in [1.165, 1.54) is 0 Å². The number of rotatable bonds is 5. The second-order valence-electron chi connectivity index (χ2n) is 4.14. The van der Waals surface area contributed by atoms with Gasteiger partial charge in [0.25, 0.3) is 0 Å². The minimum Gasteiger partial charge on any atom is -0.478 e. The number of nitrogens with zero attached hydrogens (tertiary/aromatic N) is 2. The molecule has 0 spiro atoms. The molecule has 0 atom stereocenters. The zero-order chi connectivity index (χ0) is 12.3. The quantitative estimate of drug-likeness (QED) is 0.829. The second kappa shape index (κ2) is 5.16. The third kappa shape index (κ3) is 2.64. The predicted molar refractivity (Wildman–Crippen MR) is 64.0 cm³/mol. The summed E-state index contributed by atoms with van der Waals surface area (Å²) in [6.45, 7) is 8.71. The van der Waals surface area contributed by atoms with Crippen LogP contribution in [0.4, 0.5) is 0 Å². The van der Waals surface area contributed by atoms with Gasteiger partial charge in [0.15, 0.2) is 0 Å². The standard InChI is InChI=1S/C12H20N2O2/c1-5-13(4)6-7-14-9(2)8-11(10(14)3)12(15)16/h8H,5-7H2,1-4H3,(H,15,16). The van der Waals surface area contributed by atoms with E-state index in [9.17, 15) is 4.79 Å². The summed E-state index contributed by atoms with van der Waals surface area (Å²) in [6, 6.07) is 1.74. The Morgan fingerprint density at radius 2 is 2.12 bits per heavy atom. The Morgan fingerprint density at radius 3 is 2.56 bits per heavy atom. The molecule has 4 heteroatoms. The highest BCUT2D eigenvalue weighted by Gasteiger charge is 2.14. The first-order valence-corrected chi connectivity index (χ1v) is 5.56. The lowest BCUT2D eigenvalue weighted by molar-refractivity contribution is 0.0696. The number of carbonyl (C=O) groups is 1. The molecular weight excluding hydrogens is 204 g/mol. The summed E-state index contributed by atoms with van der Waals surface area (Å²) in [5, 5.41) is 9.00. The molecule has 1 aromatic rings. The largest absolute Gasteiger partial charge is 0.478 e. The highest BCUT2D eigenvalue weighted by Crippen LogP contribution is 2.14. The van der Waals surface area contributed by atoms with E-state index in [-0.39, 0.29) is 0 Å². The number of aryl methyl sites for hydroxylation is 1. The molecule has 1 N–H and O–H groups in total. The van der Waals surface area contributed by atoms with Crippen LogP contribution in [-0.4, -0.2) is 40.7 Å². The smallest absolute Gasteiger partial charge is 0.337 e. The molecule has 4 nitrogen and oxygen atoms in total.